The van der Waals surface area contributed by atoms with Gasteiger partial charge in [-0.3, -0.25) is 14.6 Å². The van der Waals surface area contributed by atoms with Crippen molar-refractivity contribution in [2.75, 3.05) is 33.2 Å². The van der Waals surface area contributed by atoms with Crippen LogP contribution in [-0.4, -0.2) is 66.5 Å². The number of carbonyl (C=O) groups excluding carboxylic acids is 2. The first-order valence-corrected chi connectivity index (χ1v) is 5.97. The normalized spacial score (nSPS) is 22.8. The average molecular weight is 277 g/mol. The fourth-order valence-corrected chi connectivity index (χ4v) is 2.05. The Bertz CT molecular complexity index is 344. The Hall–Kier alpha value is -0.850. The summed E-state index contributed by atoms with van der Waals surface area (Å²) in [6.45, 7) is 6.62. The highest BCUT2D eigenvalue weighted by molar-refractivity contribution is 6.06. The second kappa shape index (κ2) is 5.42. The van der Waals surface area contributed by atoms with Gasteiger partial charge in [-0.2, -0.15) is 0 Å². The molecule has 0 aromatic rings. The van der Waals surface area contributed by atoms with Gasteiger partial charge in [0.15, 0.2) is 0 Å². The molecule has 2 N–H and O–H groups in total. The third kappa shape index (κ3) is 2.76. The summed E-state index contributed by atoms with van der Waals surface area (Å²) < 4.78 is 0. The van der Waals surface area contributed by atoms with Crippen LogP contribution < -0.4 is 10.6 Å². The molecule has 0 radical (unpaired) electrons. The largest absolute Gasteiger partial charge is 0.325 e. The van der Waals surface area contributed by atoms with Crippen molar-refractivity contribution in [3.8, 4) is 0 Å². The quantitative estimate of drug-likeness (QED) is 0.689. The maximum Gasteiger partial charge on any atom is 0.325 e. The van der Waals surface area contributed by atoms with Gasteiger partial charge in [0, 0.05) is 32.2 Å². The number of urea groups is 1. The van der Waals surface area contributed by atoms with E-state index >= 15 is 0 Å². The molecule has 0 aliphatic carbocycles. The predicted molar refractivity (Wildman–Crippen MR) is 70.9 cm³/mol. The number of carbonyl (C=O) groups is 2. The third-order valence-corrected chi connectivity index (χ3v) is 3.50. The van der Waals surface area contributed by atoms with Gasteiger partial charge >= 0.3 is 6.03 Å². The highest BCUT2D eigenvalue weighted by Crippen LogP contribution is 2.16. The summed E-state index contributed by atoms with van der Waals surface area (Å²) in [4.78, 5) is 27.0. The minimum absolute atomic E-state index is 0. The highest BCUT2D eigenvalue weighted by atomic mass is 35.5. The standard InChI is InChI=1S/C11H20N4O2.ClH/c1-11(2)9(16)15(10(17)13-11)5-4-14(3)8-6-12-7-8;/h8,12H,4-7H2,1-3H3,(H,13,17);1H. The van der Waals surface area contributed by atoms with Crippen LogP contribution in [0.4, 0.5) is 4.79 Å². The fourth-order valence-electron chi connectivity index (χ4n) is 2.05. The van der Waals surface area contributed by atoms with Gasteiger partial charge < -0.3 is 10.6 Å². The smallest absolute Gasteiger partial charge is 0.324 e. The Morgan fingerprint density at radius 1 is 1.39 bits per heavy atom. The van der Waals surface area contributed by atoms with Crippen LogP contribution in [0.1, 0.15) is 13.8 Å². The maximum atomic E-state index is 11.9. The molecule has 2 fully saturated rings. The number of halogens is 1. The van der Waals surface area contributed by atoms with Gasteiger partial charge in [0.1, 0.15) is 5.54 Å². The predicted octanol–water partition coefficient (Wildman–Crippen LogP) is -0.358. The molecule has 0 unspecified atom stereocenters. The molecule has 2 aliphatic heterocycles. The Balaban J connectivity index is 0.00000162. The lowest BCUT2D eigenvalue weighted by molar-refractivity contribution is -0.130. The first kappa shape index (κ1) is 15.2. The summed E-state index contributed by atoms with van der Waals surface area (Å²) in [6, 6.07) is 0.254. The second-order valence-electron chi connectivity index (χ2n) is 5.30. The van der Waals surface area contributed by atoms with E-state index < -0.39 is 5.54 Å². The van der Waals surface area contributed by atoms with Crippen molar-refractivity contribution in [2.24, 2.45) is 0 Å². The van der Waals surface area contributed by atoms with Gasteiger partial charge in [0.05, 0.1) is 0 Å². The molecular formula is C11H21ClN4O2. The minimum Gasteiger partial charge on any atom is -0.324 e. The van der Waals surface area contributed by atoms with Gasteiger partial charge in [-0.05, 0) is 20.9 Å². The summed E-state index contributed by atoms with van der Waals surface area (Å²) in [6.07, 6.45) is 0. The van der Waals surface area contributed by atoms with Crippen molar-refractivity contribution < 1.29 is 9.59 Å². The monoisotopic (exact) mass is 276 g/mol. The molecule has 2 saturated heterocycles. The highest BCUT2D eigenvalue weighted by Gasteiger charge is 2.44. The minimum atomic E-state index is -0.756. The average Bonchev–Trinajstić information content (AvgIpc) is 2.31. The van der Waals surface area contributed by atoms with Gasteiger partial charge in [-0.1, -0.05) is 0 Å². The second-order valence-corrected chi connectivity index (χ2v) is 5.30. The van der Waals surface area contributed by atoms with Crippen LogP contribution in [0.3, 0.4) is 0 Å². The van der Waals surface area contributed by atoms with E-state index in [9.17, 15) is 9.59 Å². The van der Waals surface area contributed by atoms with Gasteiger partial charge in [-0.15, -0.1) is 12.4 Å². The SMILES string of the molecule is CN(CCN1C(=O)NC(C)(C)C1=O)C1CNC1.Cl. The molecule has 0 atom stereocenters. The van der Waals surface area contributed by atoms with Crippen molar-refractivity contribution in [3.63, 3.8) is 0 Å². The lowest BCUT2D eigenvalue weighted by atomic mass is 10.1. The van der Waals surface area contributed by atoms with Crippen molar-refractivity contribution in [1.29, 1.82) is 0 Å². The number of likely N-dealkylation sites (N-methyl/N-ethyl adjacent to an activating group) is 1. The summed E-state index contributed by atoms with van der Waals surface area (Å²) in [5.41, 5.74) is -0.756. The molecule has 0 bridgehead atoms. The van der Waals surface area contributed by atoms with Crippen LogP contribution in [-0.2, 0) is 4.79 Å². The first-order valence-electron chi connectivity index (χ1n) is 5.97. The van der Waals surface area contributed by atoms with Crippen LogP contribution in [0, 0.1) is 0 Å². The lowest BCUT2D eigenvalue weighted by Gasteiger charge is -2.36. The van der Waals surface area contributed by atoms with E-state index in [0.717, 1.165) is 19.6 Å². The molecule has 7 heteroatoms. The zero-order chi connectivity index (χ0) is 12.6. The van der Waals surface area contributed by atoms with E-state index in [4.69, 9.17) is 0 Å². The van der Waals surface area contributed by atoms with E-state index in [1.807, 2.05) is 7.05 Å². The van der Waals surface area contributed by atoms with E-state index in [1.165, 1.54) is 4.90 Å². The molecular weight excluding hydrogens is 256 g/mol. The van der Waals surface area contributed by atoms with Gasteiger partial charge in [0.2, 0.25) is 0 Å². The van der Waals surface area contributed by atoms with Crippen molar-refractivity contribution >= 4 is 24.3 Å². The van der Waals surface area contributed by atoms with Gasteiger partial charge in [0.25, 0.3) is 5.91 Å². The Labute approximate surface area is 113 Å². The summed E-state index contributed by atoms with van der Waals surface area (Å²) >= 11 is 0. The lowest BCUT2D eigenvalue weighted by Crippen LogP contribution is -2.57. The third-order valence-electron chi connectivity index (χ3n) is 3.50. The van der Waals surface area contributed by atoms with Crippen LogP contribution in [0.2, 0.25) is 0 Å². The number of nitrogens with zero attached hydrogens (tertiary/aromatic N) is 2. The Kier molecular flexibility index (Phi) is 4.58. The molecule has 3 amide bonds. The van der Waals surface area contributed by atoms with Crippen LogP contribution in [0.25, 0.3) is 0 Å². The maximum absolute atomic E-state index is 11.9. The Morgan fingerprint density at radius 2 is 2.00 bits per heavy atom. The number of amides is 3. The number of rotatable bonds is 4. The zero-order valence-corrected chi connectivity index (χ0v) is 11.8. The number of hydrogen-bond acceptors (Lipinski definition) is 4. The van der Waals surface area contributed by atoms with Crippen molar-refractivity contribution in [3.05, 3.63) is 0 Å². The first-order chi connectivity index (χ1) is 7.92. The molecule has 2 rings (SSSR count). The molecule has 0 spiro atoms. The summed E-state index contributed by atoms with van der Waals surface area (Å²) in [5, 5.41) is 5.88. The van der Waals surface area contributed by atoms with E-state index in [2.05, 4.69) is 15.5 Å². The molecule has 18 heavy (non-hydrogen) atoms. The fraction of sp³-hybridized carbons (Fsp3) is 0.818. The van der Waals surface area contributed by atoms with E-state index in [1.54, 1.807) is 13.8 Å². The number of imide groups is 1. The van der Waals surface area contributed by atoms with Crippen LogP contribution in [0.15, 0.2) is 0 Å². The number of nitrogens with one attached hydrogen (secondary N) is 2. The van der Waals surface area contributed by atoms with E-state index in [0.29, 0.717) is 12.6 Å². The summed E-state index contributed by atoms with van der Waals surface area (Å²) in [7, 11) is 2.02. The zero-order valence-electron chi connectivity index (χ0n) is 11.0. The van der Waals surface area contributed by atoms with Crippen LogP contribution in [0.5, 0.6) is 0 Å². The Morgan fingerprint density at radius 3 is 2.39 bits per heavy atom. The molecule has 2 aliphatic rings. The molecule has 104 valence electrons. The van der Waals surface area contributed by atoms with Crippen LogP contribution >= 0.6 is 12.4 Å². The van der Waals surface area contributed by atoms with Gasteiger partial charge in [-0.25, -0.2) is 4.79 Å². The van der Waals surface area contributed by atoms with Crippen molar-refractivity contribution in [2.45, 2.75) is 25.4 Å². The molecule has 0 saturated carbocycles. The molecule has 2 heterocycles. The van der Waals surface area contributed by atoms with Crippen molar-refractivity contribution in [1.82, 2.24) is 20.4 Å². The molecule has 0 aromatic carbocycles. The van der Waals surface area contributed by atoms with E-state index in [-0.39, 0.29) is 24.3 Å². The topological polar surface area (TPSA) is 64.7 Å². The summed E-state index contributed by atoms with van der Waals surface area (Å²) in [5.74, 6) is -0.136. The molecule has 6 nitrogen and oxygen atoms in total. The molecule has 0 aromatic heterocycles. The number of hydrogen-bond donors (Lipinski definition) is 2.